The fourth-order valence-corrected chi connectivity index (χ4v) is 2.98. The highest BCUT2D eigenvalue weighted by molar-refractivity contribution is 6.03. The van der Waals surface area contributed by atoms with Gasteiger partial charge in [0.25, 0.3) is 11.8 Å². The SMILES string of the molecule is CCC(C)(C)C.Cc1c(F)cc(C(=O)NC2CC2)cc1-c1ccc(C=O)cc1C(=O)NCC(C)O. The second kappa shape index (κ2) is 12.1. The van der Waals surface area contributed by atoms with E-state index in [4.69, 9.17) is 0 Å². The van der Waals surface area contributed by atoms with E-state index < -0.39 is 17.8 Å². The van der Waals surface area contributed by atoms with Gasteiger partial charge < -0.3 is 15.7 Å². The van der Waals surface area contributed by atoms with Crippen LogP contribution in [0, 0.1) is 18.2 Å². The molecule has 1 saturated carbocycles. The Morgan fingerprint density at radius 1 is 1.14 bits per heavy atom. The highest BCUT2D eigenvalue weighted by Crippen LogP contribution is 2.31. The summed E-state index contributed by atoms with van der Waals surface area (Å²) in [5.41, 5.74) is 2.25. The molecule has 3 rings (SSSR count). The van der Waals surface area contributed by atoms with E-state index in [1.807, 2.05) is 0 Å². The van der Waals surface area contributed by atoms with Gasteiger partial charge in [-0.15, -0.1) is 0 Å². The minimum absolute atomic E-state index is 0.0285. The zero-order valence-corrected chi connectivity index (χ0v) is 21.5. The Kier molecular flexibility index (Phi) is 9.72. The zero-order chi connectivity index (χ0) is 26.3. The first kappa shape index (κ1) is 28.2. The molecule has 1 atom stereocenters. The van der Waals surface area contributed by atoms with Gasteiger partial charge in [0.1, 0.15) is 12.1 Å². The van der Waals surface area contributed by atoms with Crippen molar-refractivity contribution in [3.63, 3.8) is 0 Å². The van der Waals surface area contributed by atoms with Gasteiger partial charge >= 0.3 is 0 Å². The van der Waals surface area contributed by atoms with Crippen LogP contribution in [0.3, 0.4) is 0 Å². The number of hydrogen-bond acceptors (Lipinski definition) is 4. The number of aldehydes is 1. The fourth-order valence-electron chi connectivity index (χ4n) is 2.98. The predicted octanol–water partition coefficient (Wildman–Crippen LogP) is 5.06. The predicted molar refractivity (Wildman–Crippen MR) is 136 cm³/mol. The van der Waals surface area contributed by atoms with Crippen LogP contribution in [0.2, 0.25) is 0 Å². The number of aliphatic hydroxyl groups is 1. The number of hydrogen-bond donors (Lipinski definition) is 3. The van der Waals surface area contributed by atoms with Gasteiger partial charge in [-0.05, 0) is 67.0 Å². The van der Waals surface area contributed by atoms with E-state index in [-0.39, 0.29) is 40.7 Å². The van der Waals surface area contributed by atoms with Crippen LogP contribution < -0.4 is 10.6 Å². The van der Waals surface area contributed by atoms with Crippen LogP contribution in [0.5, 0.6) is 0 Å². The van der Waals surface area contributed by atoms with Crippen LogP contribution in [0.1, 0.15) is 90.5 Å². The van der Waals surface area contributed by atoms with Gasteiger partial charge in [0.05, 0.1) is 6.10 Å². The molecule has 0 radical (unpaired) electrons. The molecule has 1 fully saturated rings. The molecule has 2 aromatic rings. The molecule has 1 unspecified atom stereocenters. The average molecular weight is 485 g/mol. The molecule has 1 aliphatic rings. The summed E-state index contributed by atoms with van der Waals surface area (Å²) in [6.07, 6.45) is 2.96. The Labute approximate surface area is 207 Å². The summed E-state index contributed by atoms with van der Waals surface area (Å²) in [5, 5.41) is 14.8. The monoisotopic (exact) mass is 484 g/mol. The lowest BCUT2D eigenvalue weighted by atomic mass is 9.92. The lowest BCUT2D eigenvalue weighted by Crippen LogP contribution is -2.31. The Morgan fingerprint density at radius 3 is 2.29 bits per heavy atom. The van der Waals surface area contributed by atoms with E-state index >= 15 is 0 Å². The van der Waals surface area contributed by atoms with Gasteiger partial charge in [0.2, 0.25) is 0 Å². The van der Waals surface area contributed by atoms with Crippen molar-refractivity contribution in [2.45, 2.75) is 73.0 Å². The molecule has 0 bridgehead atoms. The first-order valence-electron chi connectivity index (χ1n) is 12.0. The maximum absolute atomic E-state index is 14.6. The molecule has 190 valence electrons. The molecule has 0 aliphatic heterocycles. The van der Waals surface area contributed by atoms with Crippen LogP contribution in [-0.4, -0.2) is 41.9 Å². The largest absolute Gasteiger partial charge is 0.392 e. The van der Waals surface area contributed by atoms with Gasteiger partial charge in [0, 0.05) is 29.3 Å². The van der Waals surface area contributed by atoms with Crippen molar-refractivity contribution in [2.24, 2.45) is 5.41 Å². The third-order valence-electron chi connectivity index (χ3n) is 5.85. The molecule has 35 heavy (non-hydrogen) atoms. The summed E-state index contributed by atoms with van der Waals surface area (Å²) in [6.45, 7) is 12.1. The normalized spacial score (nSPS) is 13.8. The van der Waals surface area contributed by atoms with Crippen LogP contribution in [0.15, 0.2) is 30.3 Å². The molecule has 6 nitrogen and oxygen atoms in total. The molecule has 2 aromatic carbocycles. The van der Waals surface area contributed by atoms with Crippen molar-refractivity contribution in [1.29, 1.82) is 0 Å². The maximum Gasteiger partial charge on any atom is 0.252 e. The van der Waals surface area contributed by atoms with Crippen molar-refractivity contribution in [2.75, 3.05) is 6.54 Å². The number of amides is 2. The van der Waals surface area contributed by atoms with E-state index in [1.165, 1.54) is 31.5 Å². The van der Waals surface area contributed by atoms with Crippen LogP contribution in [0.4, 0.5) is 4.39 Å². The van der Waals surface area contributed by atoms with E-state index in [9.17, 15) is 23.9 Å². The number of aliphatic hydroxyl groups excluding tert-OH is 1. The van der Waals surface area contributed by atoms with E-state index in [1.54, 1.807) is 19.1 Å². The summed E-state index contributed by atoms with van der Waals surface area (Å²) >= 11 is 0. The first-order chi connectivity index (χ1) is 16.4. The molecule has 0 heterocycles. The molecule has 2 amide bonds. The summed E-state index contributed by atoms with van der Waals surface area (Å²) in [6, 6.07) is 7.37. The number of carbonyl (C=O) groups excluding carboxylic acids is 3. The van der Waals surface area contributed by atoms with Gasteiger partial charge in [-0.1, -0.05) is 46.2 Å². The number of benzene rings is 2. The van der Waals surface area contributed by atoms with Gasteiger partial charge in [-0.2, -0.15) is 0 Å². The van der Waals surface area contributed by atoms with Crippen LogP contribution in [0.25, 0.3) is 11.1 Å². The molecular formula is C28H37FN2O4. The van der Waals surface area contributed by atoms with E-state index in [2.05, 4.69) is 38.3 Å². The number of halogens is 1. The molecule has 3 N–H and O–H groups in total. The summed E-state index contributed by atoms with van der Waals surface area (Å²) < 4.78 is 14.6. The molecule has 0 saturated heterocycles. The molecular weight excluding hydrogens is 447 g/mol. The highest BCUT2D eigenvalue weighted by Gasteiger charge is 2.25. The summed E-state index contributed by atoms with van der Waals surface area (Å²) in [5.74, 6) is -1.42. The third-order valence-corrected chi connectivity index (χ3v) is 5.85. The molecule has 7 heteroatoms. The first-order valence-corrected chi connectivity index (χ1v) is 12.0. The maximum atomic E-state index is 14.6. The summed E-state index contributed by atoms with van der Waals surface area (Å²) in [7, 11) is 0. The molecule has 0 aromatic heterocycles. The van der Waals surface area contributed by atoms with Crippen molar-refractivity contribution in [3.05, 3.63) is 58.4 Å². The van der Waals surface area contributed by atoms with E-state index in [0.717, 1.165) is 12.8 Å². The van der Waals surface area contributed by atoms with Crippen molar-refractivity contribution < 1.29 is 23.9 Å². The van der Waals surface area contributed by atoms with Gasteiger partial charge in [0.15, 0.2) is 0 Å². The number of rotatable bonds is 7. The molecule has 1 aliphatic carbocycles. The minimum atomic E-state index is -0.745. The Hall–Kier alpha value is -3.06. The summed E-state index contributed by atoms with van der Waals surface area (Å²) in [4.78, 5) is 36.3. The third kappa shape index (κ3) is 8.58. The van der Waals surface area contributed by atoms with Crippen molar-refractivity contribution >= 4 is 18.1 Å². The number of nitrogens with one attached hydrogen (secondary N) is 2. The second-order valence-electron chi connectivity index (χ2n) is 10.3. The standard InChI is InChI=1S/C22H23FN2O4.C6H14/c1-12(27)10-24-22(29)19-7-14(11-26)3-6-17(19)18-8-15(9-20(23)13(18)2)21(28)25-16-4-5-16;1-5-6(2,3)4/h3,6-9,11-12,16,27H,4-5,10H2,1-2H3,(H,24,29)(H,25,28);5H2,1-4H3. The van der Waals surface area contributed by atoms with Gasteiger partial charge in [-0.3, -0.25) is 14.4 Å². The fraction of sp³-hybridized carbons (Fsp3) is 0.464. The Morgan fingerprint density at radius 2 is 1.77 bits per heavy atom. The quantitative estimate of drug-likeness (QED) is 0.479. The zero-order valence-electron chi connectivity index (χ0n) is 21.5. The smallest absolute Gasteiger partial charge is 0.252 e. The molecule has 0 spiro atoms. The van der Waals surface area contributed by atoms with Crippen LogP contribution in [-0.2, 0) is 0 Å². The lowest BCUT2D eigenvalue weighted by molar-refractivity contribution is 0.0923. The van der Waals surface area contributed by atoms with E-state index in [0.29, 0.717) is 22.8 Å². The van der Waals surface area contributed by atoms with Crippen LogP contribution >= 0.6 is 0 Å². The minimum Gasteiger partial charge on any atom is -0.392 e. The van der Waals surface area contributed by atoms with Gasteiger partial charge in [-0.25, -0.2) is 4.39 Å². The second-order valence-corrected chi connectivity index (χ2v) is 10.3. The lowest BCUT2D eigenvalue weighted by Gasteiger charge is -2.15. The Bertz CT molecular complexity index is 1070. The number of carbonyl (C=O) groups is 3. The average Bonchev–Trinajstić information content (AvgIpc) is 3.62. The topological polar surface area (TPSA) is 95.5 Å². The Balaban J connectivity index is 0.000000641. The highest BCUT2D eigenvalue weighted by atomic mass is 19.1. The van der Waals surface area contributed by atoms with Crippen molar-refractivity contribution in [3.8, 4) is 11.1 Å². The van der Waals surface area contributed by atoms with Crippen molar-refractivity contribution in [1.82, 2.24) is 10.6 Å².